The van der Waals surface area contributed by atoms with Crippen molar-refractivity contribution in [3.05, 3.63) is 30.3 Å². The van der Waals surface area contributed by atoms with E-state index in [0.29, 0.717) is 12.2 Å². The molecule has 0 fully saturated rings. The number of phenols is 1. The first-order valence-electron chi connectivity index (χ1n) is 4.12. The standard InChI is InChI=1S/C6H6O.C4H8O2.HI/c7-6-4-2-1-3-5-6;1-2-3-4(5)6;/h1-5,7H;2-3H2,1H3,(H,5,6);1H. The summed E-state index contributed by atoms with van der Waals surface area (Å²) >= 11 is 0. The van der Waals surface area contributed by atoms with Gasteiger partial charge in [0.2, 0.25) is 0 Å². The Balaban J connectivity index is 0. The second kappa shape index (κ2) is 10.3. The number of halogens is 1. The van der Waals surface area contributed by atoms with E-state index in [9.17, 15) is 4.79 Å². The van der Waals surface area contributed by atoms with Gasteiger partial charge in [-0.25, -0.2) is 0 Å². The Morgan fingerprint density at radius 2 is 1.79 bits per heavy atom. The number of carbonyl (C=O) groups is 1. The van der Waals surface area contributed by atoms with Crippen LogP contribution in [0.5, 0.6) is 5.75 Å². The van der Waals surface area contributed by atoms with Crippen molar-refractivity contribution in [3.63, 3.8) is 0 Å². The molecule has 3 nitrogen and oxygen atoms in total. The molecule has 0 aliphatic rings. The monoisotopic (exact) mass is 310 g/mol. The maximum atomic E-state index is 9.60. The zero-order chi connectivity index (χ0) is 10.1. The van der Waals surface area contributed by atoms with Crippen LogP contribution in [0.4, 0.5) is 0 Å². The maximum absolute atomic E-state index is 9.60. The van der Waals surface area contributed by atoms with Crippen molar-refractivity contribution in [2.45, 2.75) is 19.8 Å². The maximum Gasteiger partial charge on any atom is 0.303 e. The molecule has 80 valence electrons. The third-order valence-electron chi connectivity index (χ3n) is 1.22. The molecule has 2 N–H and O–H groups in total. The van der Waals surface area contributed by atoms with Crippen molar-refractivity contribution in [2.24, 2.45) is 0 Å². The fraction of sp³-hybridized carbons (Fsp3) is 0.300. The van der Waals surface area contributed by atoms with E-state index in [2.05, 4.69) is 0 Å². The average Bonchev–Trinajstić information content (AvgIpc) is 2.06. The number of carboxylic acids is 1. The van der Waals surface area contributed by atoms with Gasteiger partial charge in [0.25, 0.3) is 0 Å². The normalized spacial score (nSPS) is 7.79. The van der Waals surface area contributed by atoms with E-state index in [1.807, 2.05) is 13.0 Å². The number of benzene rings is 1. The molecule has 0 amide bonds. The molecule has 0 spiro atoms. The largest absolute Gasteiger partial charge is 0.508 e. The van der Waals surface area contributed by atoms with Crippen LogP contribution in [0.2, 0.25) is 0 Å². The molecule has 0 aliphatic heterocycles. The molecule has 0 saturated heterocycles. The van der Waals surface area contributed by atoms with Gasteiger partial charge in [0.15, 0.2) is 0 Å². The number of aliphatic carboxylic acids is 1. The van der Waals surface area contributed by atoms with E-state index in [-0.39, 0.29) is 24.0 Å². The molecule has 1 rings (SSSR count). The minimum atomic E-state index is -0.711. The highest BCUT2D eigenvalue weighted by atomic mass is 127. The van der Waals surface area contributed by atoms with Gasteiger partial charge >= 0.3 is 5.97 Å². The Hall–Kier alpha value is -0.780. The van der Waals surface area contributed by atoms with Crippen LogP contribution in [0.25, 0.3) is 0 Å². The van der Waals surface area contributed by atoms with E-state index < -0.39 is 5.97 Å². The summed E-state index contributed by atoms with van der Waals surface area (Å²) < 4.78 is 0. The Labute approximate surface area is 101 Å². The van der Waals surface area contributed by atoms with Crippen molar-refractivity contribution in [1.82, 2.24) is 0 Å². The smallest absolute Gasteiger partial charge is 0.303 e. The molecule has 0 aromatic heterocycles. The van der Waals surface area contributed by atoms with E-state index in [1.165, 1.54) is 0 Å². The topological polar surface area (TPSA) is 57.5 Å². The Bertz CT molecular complexity index is 236. The average molecular weight is 310 g/mol. The lowest BCUT2D eigenvalue weighted by molar-refractivity contribution is -0.137. The molecule has 0 saturated carbocycles. The SMILES string of the molecule is CCCC(=O)O.I.Oc1ccccc1. The molecular weight excluding hydrogens is 295 g/mol. The summed E-state index contributed by atoms with van der Waals surface area (Å²) in [6.07, 6.45) is 1.02. The van der Waals surface area contributed by atoms with Gasteiger partial charge in [-0.2, -0.15) is 0 Å². The number of carboxylic acid groups (broad SMARTS) is 1. The zero-order valence-electron chi connectivity index (χ0n) is 8.01. The molecule has 0 bridgehead atoms. The van der Waals surface area contributed by atoms with Crippen molar-refractivity contribution >= 4 is 29.9 Å². The Morgan fingerprint density at radius 3 is 1.93 bits per heavy atom. The third kappa shape index (κ3) is 11.2. The van der Waals surface area contributed by atoms with Gasteiger partial charge in [0, 0.05) is 6.42 Å². The summed E-state index contributed by atoms with van der Waals surface area (Å²) in [5, 5.41) is 16.5. The third-order valence-corrected chi connectivity index (χ3v) is 1.22. The highest BCUT2D eigenvalue weighted by Crippen LogP contribution is 2.02. The quantitative estimate of drug-likeness (QED) is 0.826. The molecule has 0 atom stereocenters. The molecular formula is C10H15IO3. The fourth-order valence-electron chi connectivity index (χ4n) is 0.642. The predicted molar refractivity (Wildman–Crippen MR) is 66.1 cm³/mol. The lowest BCUT2D eigenvalue weighted by Gasteiger charge is -1.82. The van der Waals surface area contributed by atoms with Crippen LogP contribution < -0.4 is 0 Å². The van der Waals surface area contributed by atoms with Gasteiger partial charge in [-0.3, -0.25) is 4.79 Å². The van der Waals surface area contributed by atoms with Crippen LogP contribution in [0.3, 0.4) is 0 Å². The van der Waals surface area contributed by atoms with Crippen molar-refractivity contribution in [2.75, 3.05) is 0 Å². The van der Waals surface area contributed by atoms with Crippen molar-refractivity contribution < 1.29 is 15.0 Å². The summed E-state index contributed by atoms with van der Waals surface area (Å²) in [6, 6.07) is 8.71. The highest BCUT2D eigenvalue weighted by Gasteiger charge is 1.87. The number of hydrogen-bond acceptors (Lipinski definition) is 2. The lowest BCUT2D eigenvalue weighted by atomic mass is 10.3. The first kappa shape index (κ1) is 15.7. The predicted octanol–water partition coefficient (Wildman–Crippen LogP) is 2.88. The number of rotatable bonds is 2. The Morgan fingerprint density at radius 1 is 1.29 bits per heavy atom. The molecule has 1 aromatic carbocycles. The molecule has 0 heterocycles. The number of aromatic hydroxyl groups is 1. The van der Waals surface area contributed by atoms with Gasteiger partial charge < -0.3 is 10.2 Å². The van der Waals surface area contributed by atoms with E-state index >= 15 is 0 Å². The summed E-state index contributed by atoms with van der Waals surface area (Å²) in [5.41, 5.74) is 0. The van der Waals surface area contributed by atoms with Crippen LogP contribution >= 0.6 is 24.0 Å². The van der Waals surface area contributed by atoms with E-state index in [4.69, 9.17) is 10.2 Å². The van der Waals surface area contributed by atoms with Gasteiger partial charge in [0.1, 0.15) is 5.75 Å². The minimum absolute atomic E-state index is 0. The lowest BCUT2D eigenvalue weighted by Crippen LogP contribution is -1.90. The number of para-hydroxylation sites is 1. The first-order chi connectivity index (χ1) is 6.16. The summed E-state index contributed by atoms with van der Waals surface area (Å²) in [5.74, 6) is -0.389. The number of hydrogen-bond donors (Lipinski definition) is 2. The van der Waals surface area contributed by atoms with Crippen molar-refractivity contribution in [3.8, 4) is 5.75 Å². The fourth-order valence-corrected chi connectivity index (χ4v) is 0.642. The molecule has 0 aliphatic carbocycles. The summed E-state index contributed by atoms with van der Waals surface area (Å²) in [7, 11) is 0. The van der Waals surface area contributed by atoms with Crippen molar-refractivity contribution in [1.29, 1.82) is 0 Å². The van der Waals surface area contributed by atoms with Crippen LogP contribution in [0, 0.1) is 0 Å². The minimum Gasteiger partial charge on any atom is -0.508 e. The Kier molecular flexibility index (Phi) is 11.5. The number of phenolic OH excluding ortho intramolecular Hbond substituents is 1. The highest BCUT2D eigenvalue weighted by molar-refractivity contribution is 14.0. The molecule has 1 aromatic rings. The van der Waals surface area contributed by atoms with E-state index in [1.54, 1.807) is 24.3 Å². The first-order valence-corrected chi connectivity index (χ1v) is 4.12. The van der Waals surface area contributed by atoms with Gasteiger partial charge in [-0.1, -0.05) is 25.1 Å². The summed E-state index contributed by atoms with van der Waals surface area (Å²) in [4.78, 5) is 9.60. The molecule has 14 heavy (non-hydrogen) atoms. The van der Waals surface area contributed by atoms with Gasteiger partial charge in [0.05, 0.1) is 0 Å². The molecule has 0 radical (unpaired) electrons. The van der Waals surface area contributed by atoms with Crippen LogP contribution in [-0.2, 0) is 4.79 Å². The van der Waals surface area contributed by atoms with Crippen LogP contribution in [0.15, 0.2) is 30.3 Å². The van der Waals surface area contributed by atoms with Crippen LogP contribution in [-0.4, -0.2) is 16.2 Å². The van der Waals surface area contributed by atoms with Crippen LogP contribution in [0.1, 0.15) is 19.8 Å². The second-order valence-electron chi connectivity index (χ2n) is 2.48. The second-order valence-corrected chi connectivity index (χ2v) is 2.48. The van der Waals surface area contributed by atoms with Gasteiger partial charge in [-0.15, -0.1) is 24.0 Å². The zero-order valence-corrected chi connectivity index (χ0v) is 10.3. The summed E-state index contributed by atoms with van der Waals surface area (Å²) in [6.45, 7) is 1.84. The van der Waals surface area contributed by atoms with E-state index in [0.717, 1.165) is 6.42 Å². The molecule has 0 unspecified atom stereocenters. The molecule has 4 heteroatoms. The van der Waals surface area contributed by atoms with Gasteiger partial charge in [-0.05, 0) is 18.6 Å².